The maximum Gasteiger partial charge on any atom is 0.328 e. The highest BCUT2D eigenvalue weighted by Gasteiger charge is 2.17. The Balaban J connectivity index is 0.000000954. The fraction of sp³-hybridized carbons (Fsp3) is 0.565. The van der Waals surface area contributed by atoms with Gasteiger partial charge in [-0.15, -0.1) is 11.3 Å². The molecule has 0 aliphatic carbocycles. The summed E-state index contributed by atoms with van der Waals surface area (Å²) in [5, 5.41) is 36.5. The number of carboxylic acid groups (broad SMARTS) is 2. The third-order valence-electron chi connectivity index (χ3n) is 4.28. The molecule has 1 aromatic heterocycles. The van der Waals surface area contributed by atoms with Gasteiger partial charge in [0.15, 0.2) is 0 Å². The molecule has 1 heterocycles. The molecule has 1 rings (SSSR count). The van der Waals surface area contributed by atoms with Gasteiger partial charge in [-0.2, -0.15) is 0 Å². The van der Waals surface area contributed by atoms with Crippen LogP contribution in [0.2, 0.25) is 0 Å². The Kier molecular flexibility index (Phi) is 17.3. The summed E-state index contributed by atoms with van der Waals surface area (Å²) in [7, 11) is 0. The number of thiophene rings is 1. The maximum atomic E-state index is 9.93. The molecule has 6 N–H and O–H groups in total. The summed E-state index contributed by atoms with van der Waals surface area (Å²) in [6.07, 6.45) is 11.8. The fourth-order valence-corrected chi connectivity index (χ4v) is 3.44. The number of hydrogen-bond donors (Lipinski definition) is 5. The predicted octanol–water partition coefficient (Wildman–Crippen LogP) is 3.70. The van der Waals surface area contributed by atoms with E-state index in [-0.39, 0.29) is 6.61 Å². The highest BCUT2D eigenvalue weighted by atomic mass is 32.1. The summed E-state index contributed by atoms with van der Waals surface area (Å²) in [6.45, 7) is 2.02. The molecule has 0 spiro atoms. The van der Waals surface area contributed by atoms with Gasteiger partial charge in [-0.1, -0.05) is 63.7 Å². The molecule has 0 saturated carbocycles. The van der Waals surface area contributed by atoms with E-state index in [0.717, 1.165) is 23.3 Å². The van der Waals surface area contributed by atoms with Crippen LogP contribution in [0.5, 0.6) is 0 Å². The van der Waals surface area contributed by atoms with E-state index >= 15 is 0 Å². The van der Waals surface area contributed by atoms with E-state index in [1.54, 1.807) is 0 Å². The smallest absolute Gasteiger partial charge is 0.328 e. The molecule has 2 atom stereocenters. The molecule has 0 aromatic carbocycles. The van der Waals surface area contributed by atoms with Gasteiger partial charge in [0.25, 0.3) is 0 Å². The number of rotatable bonds is 13. The van der Waals surface area contributed by atoms with Gasteiger partial charge in [-0.05, 0) is 12.5 Å². The Morgan fingerprint density at radius 1 is 1.06 bits per heavy atom. The second-order valence-electron chi connectivity index (χ2n) is 7.07. The van der Waals surface area contributed by atoms with E-state index in [2.05, 4.69) is 18.8 Å². The standard InChI is InChI=1S/C19H31NO2S.C4H4O4/c1-2-3-4-5-6-7-8-9-10-11-12-16-13-18(23-15-16)19(22)17(20)14-21;5-3(6)1-2-4(7)8/h13,15,17,19,21-22H,2-10,14,20H2,1H3;1-2H,(H,5,6)(H,7,8)/t17-,19?;/m1./s1. The van der Waals surface area contributed by atoms with Crippen molar-refractivity contribution >= 4 is 23.3 Å². The first-order valence-electron chi connectivity index (χ1n) is 10.6. The molecule has 0 bridgehead atoms. The Bertz CT molecular complexity index is 703. The Hall–Kier alpha value is -2.18. The summed E-state index contributed by atoms with van der Waals surface area (Å²) >= 11 is 1.44. The van der Waals surface area contributed by atoms with Crippen molar-refractivity contribution in [2.24, 2.45) is 5.73 Å². The van der Waals surface area contributed by atoms with Crippen LogP contribution in [0.15, 0.2) is 23.6 Å². The first-order valence-corrected chi connectivity index (χ1v) is 11.5. The van der Waals surface area contributed by atoms with E-state index < -0.39 is 24.1 Å². The molecule has 1 unspecified atom stereocenters. The van der Waals surface area contributed by atoms with Crippen molar-refractivity contribution in [3.63, 3.8) is 0 Å². The number of aliphatic carboxylic acids is 2. The zero-order valence-electron chi connectivity index (χ0n) is 18.1. The molecule has 1 aromatic rings. The predicted molar refractivity (Wildman–Crippen MR) is 123 cm³/mol. The average molecular weight is 454 g/mol. The molecule has 8 heteroatoms. The second kappa shape index (κ2) is 18.6. The summed E-state index contributed by atoms with van der Waals surface area (Å²) in [6, 6.07) is 1.23. The van der Waals surface area contributed by atoms with Crippen molar-refractivity contribution in [3.8, 4) is 11.8 Å². The lowest BCUT2D eigenvalue weighted by atomic mass is 10.1. The molecular formula is C23H35NO6S. The van der Waals surface area contributed by atoms with Crippen molar-refractivity contribution < 1.29 is 30.0 Å². The van der Waals surface area contributed by atoms with Gasteiger partial charge < -0.3 is 26.2 Å². The van der Waals surface area contributed by atoms with Crippen LogP contribution in [-0.2, 0) is 9.59 Å². The minimum atomic E-state index is -1.26. The zero-order valence-corrected chi connectivity index (χ0v) is 18.9. The topological polar surface area (TPSA) is 141 Å². The van der Waals surface area contributed by atoms with Gasteiger partial charge in [-0.25, -0.2) is 9.59 Å². The average Bonchev–Trinajstić information content (AvgIpc) is 3.21. The van der Waals surface area contributed by atoms with Crippen molar-refractivity contribution in [1.82, 2.24) is 0 Å². The highest BCUT2D eigenvalue weighted by Crippen LogP contribution is 2.23. The minimum absolute atomic E-state index is 0.224. The van der Waals surface area contributed by atoms with Crippen molar-refractivity contribution in [1.29, 1.82) is 0 Å². The van der Waals surface area contributed by atoms with Crippen LogP contribution >= 0.6 is 11.3 Å². The number of carboxylic acids is 2. The summed E-state index contributed by atoms with van der Waals surface area (Å²) in [5.74, 6) is 3.83. The Labute approximate surface area is 188 Å². The minimum Gasteiger partial charge on any atom is -0.478 e. The monoisotopic (exact) mass is 453 g/mol. The first kappa shape index (κ1) is 28.8. The maximum absolute atomic E-state index is 9.93. The number of unbranched alkanes of at least 4 members (excludes halogenated alkanes) is 8. The molecule has 7 nitrogen and oxygen atoms in total. The van der Waals surface area contributed by atoms with Crippen LogP contribution in [0.3, 0.4) is 0 Å². The molecule has 0 radical (unpaired) electrons. The van der Waals surface area contributed by atoms with Crippen LogP contribution in [0.4, 0.5) is 0 Å². The van der Waals surface area contributed by atoms with Crippen LogP contribution in [-0.4, -0.2) is 45.0 Å². The summed E-state index contributed by atoms with van der Waals surface area (Å²) < 4.78 is 0. The number of nitrogens with two attached hydrogens (primary N) is 1. The van der Waals surface area contributed by atoms with Crippen molar-refractivity contribution in [2.45, 2.75) is 76.9 Å². The number of aliphatic hydroxyl groups excluding tert-OH is 2. The number of hydrogen-bond acceptors (Lipinski definition) is 6. The molecule has 0 aliphatic heterocycles. The van der Waals surface area contributed by atoms with Crippen LogP contribution in [0.1, 0.15) is 81.3 Å². The van der Waals surface area contributed by atoms with Gasteiger partial charge in [0.1, 0.15) is 6.10 Å². The SMILES string of the molecule is CCCCCCCCCCC#Cc1csc(C(O)[C@H](N)CO)c1.O=C(O)C=CC(=O)O. The molecule has 31 heavy (non-hydrogen) atoms. The molecule has 0 fully saturated rings. The van der Waals surface area contributed by atoms with Gasteiger partial charge in [0.2, 0.25) is 0 Å². The van der Waals surface area contributed by atoms with E-state index in [1.807, 2.05) is 11.4 Å². The third-order valence-corrected chi connectivity index (χ3v) is 5.29. The van der Waals surface area contributed by atoms with Gasteiger partial charge >= 0.3 is 11.9 Å². The van der Waals surface area contributed by atoms with E-state index in [9.17, 15) is 14.7 Å². The van der Waals surface area contributed by atoms with Crippen molar-refractivity contribution in [2.75, 3.05) is 6.61 Å². The van der Waals surface area contributed by atoms with Gasteiger partial charge in [0.05, 0.1) is 12.6 Å². The molecule has 0 saturated heterocycles. The first-order chi connectivity index (χ1) is 14.8. The quantitative estimate of drug-likeness (QED) is 0.174. The van der Waals surface area contributed by atoms with Crippen molar-refractivity contribution in [3.05, 3.63) is 34.0 Å². The van der Waals surface area contributed by atoms with Crippen LogP contribution in [0.25, 0.3) is 0 Å². The third kappa shape index (κ3) is 16.2. The Morgan fingerprint density at radius 2 is 1.61 bits per heavy atom. The fourth-order valence-electron chi connectivity index (χ4n) is 2.54. The Morgan fingerprint density at radius 3 is 2.13 bits per heavy atom. The van der Waals surface area contributed by atoms with E-state index in [4.69, 9.17) is 21.1 Å². The van der Waals surface area contributed by atoms with Gasteiger partial charge in [-0.3, -0.25) is 0 Å². The zero-order chi connectivity index (χ0) is 23.5. The van der Waals surface area contributed by atoms with Crippen LogP contribution in [0, 0.1) is 11.8 Å². The molecular weight excluding hydrogens is 418 g/mol. The lowest BCUT2D eigenvalue weighted by molar-refractivity contribution is -0.134. The van der Waals surface area contributed by atoms with E-state index in [1.165, 1.54) is 56.3 Å². The lowest BCUT2D eigenvalue weighted by Crippen LogP contribution is -2.31. The van der Waals surface area contributed by atoms with Crippen LogP contribution < -0.4 is 5.73 Å². The van der Waals surface area contributed by atoms with E-state index in [0.29, 0.717) is 12.2 Å². The largest absolute Gasteiger partial charge is 0.478 e. The second-order valence-corrected chi connectivity index (χ2v) is 8.01. The number of carbonyl (C=O) groups is 2. The molecule has 0 aliphatic rings. The van der Waals surface area contributed by atoms with Gasteiger partial charge in [0, 0.05) is 34.4 Å². The summed E-state index contributed by atoms with van der Waals surface area (Å²) in [4.78, 5) is 19.9. The number of aliphatic hydroxyl groups is 2. The molecule has 0 amide bonds. The lowest BCUT2D eigenvalue weighted by Gasteiger charge is -2.14. The normalized spacial score (nSPS) is 12.4. The highest BCUT2D eigenvalue weighted by molar-refractivity contribution is 7.10. The summed E-state index contributed by atoms with van der Waals surface area (Å²) in [5.41, 5.74) is 6.56. The molecule has 174 valence electrons.